The number of hydrogen-bond donors (Lipinski definition) is 0. The van der Waals surface area contributed by atoms with Gasteiger partial charge in [-0.25, -0.2) is 4.98 Å². The zero-order valence-corrected chi connectivity index (χ0v) is 16.0. The standard InChI is InChI=1S/C19H25N7O/c1-12(2)15-8-20-18(27-15)11-24(3)14-9-25(10-14)17-7-6-16-21-22-19(13-4-5-13)26(16)23-17/h6-8,12-14H,4-5,9-11H2,1-3H3. The van der Waals surface area contributed by atoms with Crippen LogP contribution in [0.1, 0.15) is 56.0 Å². The van der Waals surface area contributed by atoms with Crippen molar-refractivity contribution >= 4 is 11.5 Å². The number of nitrogens with zero attached hydrogens (tertiary/aromatic N) is 7. The number of aromatic nitrogens is 5. The molecule has 1 aliphatic heterocycles. The highest BCUT2D eigenvalue weighted by Crippen LogP contribution is 2.38. The Labute approximate surface area is 158 Å². The quantitative estimate of drug-likeness (QED) is 0.662. The van der Waals surface area contributed by atoms with Crippen LogP contribution in [0.3, 0.4) is 0 Å². The third kappa shape index (κ3) is 3.07. The van der Waals surface area contributed by atoms with Gasteiger partial charge in [-0.2, -0.15) is 4.52 Å². The van der Waals surface area contributed by atoms with Crippen molar-refractivity contribution in [3.63, 3.8) is 0 Å². The second-order valence-electron chi connectivity index (χ2n) is 8.08. The Morgan fingerprint density at radius 2 is 2.04 bits per heavy atom. The van der Waals surface area contributed by atoms with E-state index in [9.17, 15) is 0 Å². The molecule has 4 heterocycles. The second-order valence-corrected chi connectivity index (χ2v) is 8.08. The Morgan fingerprint density at radius 1 is 1.22 bits per heavy atom. The maximum atomic E-state index is 5.83. The Bertz CT molecular complexity index is 952. The van der Waals surface area contributed by atoms with E-state index in [1.54, 1.807) is 0 Å². The van der Waals surface area contributed by atoms with Gasteiger partial charge in [-0.1, -0.05) is 13.8 Å². The molecule has 8 heteroatoms. The smallest absolute Gasteiger partial charge is 0.208 e. The number of anilines is 1. The molecule has 0 spiro atoms. The van der Waals surface area contributed by atoms with Crippen molar-refractivity contribution in [3.8, 4) is 0 Å². The van der Waals surface area contributed by atoms with Crippen molar-refractivity contribution in [1.82, 2.24) is 29.7 Å². The highest BCUT2D eigenvalue weighted by atomic mass is 16.4. The molecule has 0 radical (unpaired) electrons. The summed E-state index contributed by atoms with van der Waals surface area (Å²) in [5.41, 5.74) is 0.833. The number of rotatable bonds is 6. The molecule has 0 bridgehead atoms. The lowest BCUT2D eigenvalue weighted by Crippen LogP contribution is -2.58. The molecule has 1 aliphatic carbocycles. The Balaban J connectivity index is 1.23. The van der Waals surface area contributed by atoms with Crippen LogP contribution in [0.4, 0.5) is 5.82 Å². The van der Waals surface area contributed by atoms with Gasteiger partial charge in [0.05, 0.1) is 12.7 Å². The Morgan fingerprint density at radius 3 is 2.74 bits per heavy atom. The van der Waals surface area contributed by atoms with E-state index in [2.05, 4.69) is 45.9 Å². The summed E-state index contributed by atoms with van der Waals surface area (Å²) in [6.07, 6.45) is 4.24. The highest BCUT2D eigenvalue weighted by Gasteiger charge is 2.33. The van der Waals surface area contributed by atoms with Crippen LogP contribution >= 0.6 is 0 Å². The molecular formula is C19H25N7O. The van der Waals surface area contributed by atoms with Gasteiger partial charge in [-0.3, -0.25) is 4.90 Å². The average Bonchev–Trinajstić information content (AvgIpc) is 3.18. The van der Waals surface area contributed by atoms with Gasteiger partial charge in [0.15, 0.2) is 11.5 Å². The van der Waals surface area contributed by atoms with Crippen molar-refractivity contribution in [2.45, 2.75) is 51.1 Å². The minimum Gasteiger partial charge on any atom is -0.444 e. The van der Waals surface area contributed by atoms with Crippen LogP contribution in [0, 0.1) is 0 Å². The molecule has 0 aromatic carbocycles. The summed E-state index contributed by atoms with van der Waals surface area (Å²) in [4.78, 5) is 9.01. The molecule has 0 amide bonds. The van der Waals surface area contributed by atoms with Crippen molar-refractivity contribution in [3.05, 3.63) is 35.8 Å². The SMILES string of the molecule is CC(C)c1cnc(CN(C)C2CN(c3ccc4nnc(C5CC5)n4n3)C2)o1. The number of fused-ring (bicyclic) bond motifs is 1. The van der Waals surface area contributed by atoms with Crippen LogP contribution < -0.4 is 4.90 Å². The first-order valence-corrected chi connectivity index (χ1v) is 9.70. The topological polar surface area (TPSA) is 75.6 Å². The molecule has 0 N–H and O–H groups in total. The van der Waals surface area contributed by atoms with Crippen molar-refractivity contribution in [1.29, 1.82) is 0 Å². The molecule has 2 fully saturated rings. The van der Waals surface area contributed by atoms with Gasteiger partial charge in [-0.15, -0.1) is 15.3 Å². The number of oxazole rings is 1. The summed E-state index contributed by atoms with van der Waals surface area (Å²) in [6.45, 7) is 6.87. The van der Waals surface area contributed by atoms with Gasteiger partial charge in [0.2, 0.25) is 5.89 Å². The minimum absolute atomic E-state index is 0.370. The maximum absolute atomic E-state index is 5.83. The van der Waals surface area contributed by atoms with Gasteiger partial charge >= 0.3 is 0 Å². The van der Waals surface area contributed by atoms with E-state index >= 15 is 0 Å². The molecule has 142 valence electrons. The van der Waals surface area contributed by atoms with Crippen LogP contribution in [0.15, 0.2) is 22.7 Å². The fourth-order valence-electron chi connectivity index (χ4n) is 3.49. The predicted molar refractivity (Wildman–Crippen MR) is 101 cm³/mol. The summed E-state index contributed by atoms with van der Waals surface area (Å²) in [5, 5.41) is 13.3. The molecule has 1 saturated carbocycles. The lowest BCUT2D eigenvalue weighted by molar-refractivity contribution is 0.179. The molecule has 3 aromatic heterocycles. The van der Waals surface area contributed by atoms with E-state index in [0.29, 0.717) is 17.9 Å². The van der Waals surface area contributed by atoms with Crippen LogP contribution in [0.2, 0.25) is 0 Å². The van der Waals surface area contributed by atoms with E-state index in [1.165, 1.54) is 12.8 Å². The zero-order valence-electron chi connectivity index (χ0n) is 16.0. The summed E-state index contributed by atoms with van der Waals surface area (Å²) >= 11 is 0. The van der Waals surface area contributed by atoms with Crippen LogP contribution in [0.25, 0.3) is 5.65 Å². The first-order chi connectivity index (χ1) is 13.1. The molecule has 27 heavy (non-hydrogen) atoms. The van der Waals surface area contributed by atoms with E-state index in [-0.39, 0.29) is 0 Å². The average molecular weight is 367 g/mol. The summed E-state index contributed by atoms with van der Waals surface area (Å²) in [5.74, 6) is 4.65. The largest absolute Gasteiger partial charge is 0.444 e. The zero-order chi connectivity index (χ0) is 18.5. The maximum Gasteiger partial charge on any atom is 0.208 e. The summed E-state index contributed by atoms with van der Waals surface area (Å²) in [7, 11) is 2.13. The van der Waals surface area contributed by atoms with E-state index in [4.69, 9.17) is 9.52 Å². The Hall–Kier alpha value is -2.48. The number of hydrogen-bond acceptors (Lipinski definition) is 7. The van der Waals surface area contributed by atoms with Crippen LogP contribution in [-0.4, -0.2) is 55.9 Å². The Kier molecular flexibility index (Phi) is 3.89. The van der Waals surface area contributed by atoms with Gasteiger partial charge < -0.3 is 9.32 Å². The first-order valence-electron chi connectivity index (χ1n) is 9.70. The second kappa shape index (κ2) is 6.30. The summed E-state index contributed by atoms with van der Waals surface area (Å²) < 4.78 is 7.75. The molecule has 8 nitrogen and oxygen atoms in total. The monoisotopic (exact) mass is 367 g/mol. The fraction of sp³-hybridized carbons (Fsp3) is 0.579. The highest BCUT2D eigenvalue weighted by molar-refractivity contribution is 5.48. The van der Waals surface area contributed by atoms with Gasteiger partial charge in [0, 0.05) is 31.0 Å². The third-order valence-electron chi connectivity index (χ3n) is 5.55. The number of likely N-dealkylation sites (N-methyl/N-ethyl adjacent to an activating group) is 1. The lowest BCUT2D eigenvalue weighted by Gasteiger charge is -2.44. The molecule has 2 aliphatic rings. The van der Waals surface area contributed by atoms with Crippen LogP contribution in [0.5, 0.6) is 0 Å². The van der Waals surface area contributed by atoms with Gasteiger partial charge in [-0.05, 0) is 32.0 Å². The van der Waals surface area contributed by atoms with E-state index < -0.39 is 0 Å². The first kappa shape index (κ1) is 16.7. The predicted octanol–water partition coefficient (Wildman–Crippen LogP) is 2.43. The van der Waals surface area contributed by atoms with Gasteiger partial charge in [0.25, 0.3) is 0 Å². The minimum atomic E-state index is 0.370. The van der Waals surface area contributed by atoms with Gasteiger partial charge in [0.1, 0.15) is 11.6 Å². The summed E-state index contributed by atoms with van der Waals surface area (Å²) in [6, 6.07) is 4.53. The van der Waals surface area contributed by atoms with E-state index in [1.807, 2.05) is 22.8 Å². The normalized spacial score (nSPS) is 18.0. The molecule has 5 rings (SSSR count). The molecule has 0 unspecified atom stereocenters. The lowest BCUT2D eigenvalue weighted by atomic mass is 10.1. The third-order valence-corrected chi connectivity index (χ3v) is 5.55. The fourth-order valence-corrected chi connectivity index (χ4v) is 3.49. The van der Waals surface area contributed by atoms with Crippen LogP contribution in [-0.2, 0) is 6.54 Å². The van der Waals surface area contributed by atoms with Crippen molar-refractivity contribution < 1.29 is 4.42 Å². The molecule has 0 atom stereocenters. The van der Waals surface area contributed by atoms with E-state index in [0.717, 1.165) is 48.6 Å². The van der Waals surface area contributed by atoms with Crippen molar-refractivity contribution in [2.24, 2.45) is 0 Å². The van der Waals surface area contributed by atoms with Crippen molar-refractivity contribution in [2.75, 3.05) is 25.0 Å². The molecule has 3 aromatic rings. The molecule has 1 saturated heterocycles. The molecular weight excluding hydrogens is 342 g/mol.